The second-order valence-electron chi connectivity index (χ2n) is 15.6. The molecule has 10 aromatic carbocycles. The molecular formula is C59H41N. The van der Waals surface area contributed by atoms with Gasteiger partial charge in [-0.1, -0.05) is 224 Å². The van der Waals surface area contributed by atoms with Crippen LogP contribution in [0, 0.1) is 0 Å². The fraction of sp³-hybridized carbons (Fsp3) is 0.0169. The first-order chi connectivity index (χ1) is 29.8. The van der Waals surface area contributed by atoms with Crippen molar-refractivity contribution in [1.29, 1.82) is 0 Å². The SMILES string of the molecule is c1ccc(-c2ccc(N(c3cccc4c3-c3ccccc3C4(c3ccccc3)c3ccccc3)c3ccc(-c4ccccc4-c4ccccc4)c4ccccc34)cc2)cc1. The van der Waals surface area contributed by atoms with Gasteiger partial charge in [-0.05, 0) is 90.8 Å². The first-order valence-corrected chi connectivity index (χ1v) is 20.8. The van der Waals surface area contributed by atoms with Crippen molar-refractivity contribution in [1.82, 2.24) is 0 Å². The summed E-state index contributed by atoms with van der Waals surface area (Å²) in [4.78, 5) is 2.51. The molecule has 1 aliphatic rings. The normalized spacial score (nSPS) is 12.5. The van der Waals surface area contributed by atoms with Crippen LogP contribution in [0.3, 0.4) is 0 Å². The van der Waals surface area contributed by atoms with Gasteiger partial charge >= 0.3 is 0 Å². The molecule has 1 aliphatic carbocycles. The summed E-state index contributed by atoms with van der Waals surface area (Å²) in [5, 5.41) is 2.39. The average molecular weight is 764 g/mol. The Hall–Kier alpha value is -7.74. The second-order valence-corrected chi connectivity index (χ2v) is 15.6. The Morgan fingerprint density at radius 2 is 0.767 bits per heavy atom. The summed E-state index contributed by atoms with van der Waals surface area (Å²) in [5.41, 5.74) is 17.7. The zero-order chi connectivity index (χ0) is 39.9. The summed E-state index contributed by atoms with van der Waals surface area (Å²) < 4.78 is 0. The van der Waals surface area contributed by atoms with Crippen molar-refractivity contribution in [3.05, 3.63) is 271 Å². The molecule has 0 amide bonds. The summed E-state index contributed by atoms with van der Waals surface area (Å²) in [7, 11) is 0. The van der Waals surface area contributed by atoms with Crippen LogP contribution in [0.1, 0.15) is 22.3 Å². The van der Waals surface area contributed by atoms with Gasteiger partial charge in [0.15, 0.2) is 0 Å². The number of rotatable bonds is 8. The summed E-state index contributed by atoms with van der Waals surface area (Å²) in [6.45, 7) is 0. The minimum Gasteiger partial charge on any atom is -0.309 e. The summed E-state index contributed by atoms with van der Waals surface area (Å²) in [5.74, 6) is 0. The van der Waals surface area contributed by atoms with E-state index in [1.165, 1.54) is 77.5 Å². The summed E-state index contributed by atoms with van der Waals surface area (Å²) >= 11 is 0. The first kappa shape index (κ1) is 35.4. The Morgan fingerprint density at radius 3 is 1.43 bits per heavy atom. The molecule has 0 spiro atoms. The quantitative estimate of drug-likeness (QED) is 0.149. The van der Waals surface area contributed by atoms with Gasteiger partial charge in [-0.15, -0.1) is 0 Å². The maximum atomic E-state index is 2.51. The van der Waals surface area contributed by atoms with Gasteiger partial charge in [-0.25, -0.2) is 0 Å². The fourth-order valence-electron chi connectivity index (χ4n) is 9.80. The molecule has 0 aliphatic heterocycles. The zero-order valence-corrected chi connectivity index (χ0v) is 33.1. The third-order valence-electron chi connectivity index (χ3n) is 12.4. The van der Waals surface area contributed by atoms with Gasteiger partial charge in [0, 0.05) is 16.6 Å². The molecule has 1 nitrogen and oxygen atoms in total. The minimum absolute atomic E-state index is 0.514. The smallest absolute Gasteiger partial charge is 0.0714 e. The molecule has 1 heteroatoms. The van der Waals surface area contributed by atoms with Gasteiger partial charge < -0.3 is 4.90 Å². The fourth-order valence-corrected chi connectivity index (χ4v) is 9.80. The Labute approximate surface area is 352 Å². The van der Waals surface area contributed by atoms with Gasteiger partial charge in [0.1, 0.15) is 0 Å². The highest BCUT2D eigenvalue weighted by atomic mass is 15.1. The van der Waals surface area contributed by atoms with Crippen LogP contribution in [0.15, 0.2) is 249 Å². The molecule has 0 atom stereocenters. The van der Waals surface area contributed by atoms with Crippen LogP contribution in [0.4, 0.5) is 17.1 Å². The summed E-state index contributed by atoms with van der Waals surface area (Å²) in [6.07, 6.45) is 0. The van der Waals surface area contributed by atoms with E-state index in [9.17, 15) is 0 Å². The van der Waals surface area contributed by atoms with Crippen LogP contribution in [0.25, 0.3) is 55.3 Å². The van der Waals surface area contributed by atoms with Gasteiger partial charge in [0.25, 0.3) is 0 Å². The predicted molar refractivity (Wildman–Crippen MR) is 252 cm³/mol. The van der Waals surface area contributed by atoms with Gasteiger partial charge in [0.2, 0.25) is 0 Å². The van der Waals surface area contributed by atoms with E-state index in [0.717, 1.165) is 17.1 Å². The molecule has 0 saturated heterocycles. The molecule has 0 aromatic heterocycles. The lowest BCUT2D eigenvalue weighted by Crippen LogP contribution is -2.28. The lowest BCUT2D eigenvalue weighted by molar-refractivity contribution is 0.768. The van der Waals surface area contributed by atoms with Gasteiger partial charge in [0.05, 0.1) is 16.8 Å². The van der Waals surface area contributed by atoms with Crippen molar-refractivity contribution in [2.24, 2.45) is 0 Å². The third kappa shape index (κ3) is 5.70. The van der Waals surface area contributed by atoms with Crippen LogP contribution < -0.4 is 4.90 Å². The van der Waals surface area contributed by atoms with E-state index in [4.69, 9.17) is 0 Å². The molecular weight excluding hydrogens is 723 g/mol. The Kier molecular flexibility index (Phi) is 8.79. The van der Waals surface area contributed by atoms with E-state index < -0.39 is 5.41 Å². The number of fused-ring (bicyclic) bond motifs is 4. The van der Waals surface area contributed by atoms with Gasteiger partial charge in [-0.2, -0.15) is 0 Å². The third-order valence-corrected chi connectivity index (χ3v) is 12.4. The number of hydrogen-bond acceptors (Lipinski definition) is 1. The van der Waals surface area contributed by atoms with Crippen molar-refractivity contribution in [2.45, 2.75) is 5.41 Å². The monoisotopic (exact) mass is 763 g/mol. The van der Waals surface area contributed by atoms with Gasteiger partial charge in [-0.3, -0.25) is 0 Å². The van der Waals surface area contributed by atoms with E-state index in [1.807, 2.05) is 0 Å². The van der Waals surface area contributed by atoms with Crippen molar-refractivity contribution >= 4 is 27.8 Å². The molecule has 0 radical (unpaired) electrons. The molecule has 0 saturated carbocycles. The van der Waals surface area contributed by atoms with Crippen molar-refractivity contribution in [3.63, 3.8) is 0 Å². The first-order valence-electron chi connectivity index (χ1n) is 20.8. The van der Waals surface area contributed by atoms with Crippen molar-refractivity contribution in [3.8, 4) is 44.5 Å². The van der Waals surface area contributed by atoms with Crippen LogP contribution in [-0.2, 0) is 5.41 Å². The molecule has 0 N–H and O–H groups in total. The van der Waals surface area contributed by atoms with Crippen LogP contribution >= 0.6 is 0 Å². The summed E-state index contributed by atoms with van der Waals surface area (Å²) in [6, 6.07) is 91.0. The van der Waals surface area contributed by atoms with E-state index in [-0.39, 0.29) is 0 Å². The molecule has 10 aromatic rings. The predicted octanol–water partition coefficient (Wildman–Crippen LogP) is 15.7. The second kappa shape index (κ2) is 14.9. The van der Waals surface area contributed by atoms with E-state index in [0.29, 0.717) is 0 Å². The minimum atomic E-state index is -0.514. The van der Waals surface area contributed by atoms with E-state index in [2.05, 4.69) is 254 Å². The number of hydrogen-bond donors (Lipinski definition) is 0. The van der Waals surface area contributed by atoms with E-state index >= 15 is 0 Å². The molecule has 60 heavy (non-hydrogen) atoms. The Morgan fingerprint density at radius 1 is 0.267 bits per heavy atom. The van der Waals surface area contributed by atoms with Crippen LogP contribution in [-0.4, -0.2) is 0 Å². The van der Waals surface area contributed by atoms with E-state index in [1.54, 1.807) is 0 Å². The van der Waals surface area contributed by atoms with Crippen molar-refractivity contribution in [2.75, 3.05) is 4.90 Å². The molecule has 0 heterocycles. The Bertz CT molecular complexity index is 3080. The number of benzene rings is 10. The Balaban J connectivity index is 1.19. The maximum absolute atomic E-state index is 2.51. The average Bonchev–Trinajstić information content (AvgIpc) is 3.65. The number of nitrogens with zero attached hydrogens (tertiary/aromatic N) is 1. The molecule has 0 unspecified atom stereocenters. The van der Waals surface area contributed by atoms with Crippen LogP contribution in [0.2, 0.25) is 0 Å². The highest BCUT2D eigenvalue weighted by molar-refractivity contribution is 6.09. The lowest BCUT2D eigenvalue weighted by atomic mass is 9.68. The lowest BCUT2D eigenvalue weighted by Gasteiger charge is -2.34. The van der Waals surface area contributed by atoms with Crippen molar-refractivity contribution < 1.29 is 0 Å². The molecule has 282 valence electrons. The number of anilines is 3. The standard InChI is InChI=1S/C59H41N/c1-5-20-42(21-6-1)43-36-38-47(39-37-43)60(56-41-40-51(50-30-15-16-31-52(50)56)49-29-14-13-28-48(49)44-22-7-2-8-23-44)57-35-19-34-55-58(57)53-32-17-18-33-54(53)59(55,45-24-9-3-10-25-45)46-26-11-4-12-27-46/h1-41H. The highest BCUT2D eigenvalue weighted by Crippen LogP contribution is 2.60. The largest absolute Gasteiger partial charge is 0.309 e. The zero-order valence-electron chi connectivity index (χ0n) is 33.1. The molecule has 0 bridgehead atoms. The molecule has 11 rings (SSSR count). The topological polar surface area (TPSA) is 3.24 Å². The highest BCUT2D eigenvalue weighted by Gasteiger charge is 2.47. The molecule has 0 fully saturated rings. The van der Waals surface area contributed by atoms with Crippen LogP contribution in [0.5, 0.6) is 0 Å². The maximum Gasteiger partial charge on any atom is 0.0714 e.